The highest BCUT2D eigenvalue weighted by atomic mass is 79.9. The van der Waals surface area contributed by atoms with Crippen LogP contribution in [-0.4, -0.2) is 11.9 Å². The number of hydrogen-bond acceptors (Lipinski definition) is 2. The third kappa shape index (κ3) is 2.93. The molecule has 0 aliphatic carbocycles. The fourth-order valence-corrected chi connectivity index (χ4v) is 2.91. The highest BCUT2D eigenvalue weighted by molar-refractivity contribution is 9.10. The van der Waals surface area contributed by atoms with Gasteiger partial charge in [-0.2, -0.15) is 0 Å². The van der Waals surface area contributed by atoms with Gasteiger partial charge in [-0.25, -0.2) is 0 Å². The lowest BCUT2D eigenvalue weighted by molar-refractivity contribution is 0.0884. The van der Waals surface area contributed by atoms with E-state index in [9.17, 15) is 4.79 Å². The Morgan fingerprint density at radius 2 is 2.00 bits per heavy atom. The predicted molar refractivity (Wildman–Crippen MR) is 82.3 cm³/mol. The topological polar surface area (TPSA) is 26.3 Å². The summed E-state index contributed by atoms with van der Waals surface area (Å²) in [5.74, 6) is 1.06. The molecule has 0 N–H and O–H groups in total. The summed E-state index contributed by atoms with van der Waals surface area (Å²) in [7, 11) is 0. The first-order valence-electron chi connectivity index (χ1n) is 6.76. The maximum absolute atomic E-state index is 12.2. The Kier molecular flexibility index (Phi) is 3.88. The molecule has 0 aromatic heterocycles. The zero-order valence-electron chi connectivity index (χ0n) is 11.0. The van der Waals surface area contributed by atoms with E-state index in [4.69, 9.17) is 4.74 Å². The maximum atomic E-state index is 12.2. The second kappa shape index (κ2) is 5.80. The molecule has 3 rings (SSSR count). The summed E-state index contributed by atoms with van der Waals surface area (Å²) < 4.78 is 7.01. The average molecular weight is 331 g/mol. The second-order valence-corrected chi connectivity index (χ2v) is 5.94. The van der Waals surface area contributed by atoms with Gasteiger partial charge in [0, 0.05) is 16.5 Å². The SMILES string of the molecule is O=C(C[C@H]1CCc2cc(Br)ccc2O1)c1ccccc1. The predicted octanol–water partition coefficient (Wildman–Crippen LogP) is 4.42. The molecular formula is C17H15BrO2. The van der Waals surface area contributed by atoms with Crippen LogP contribution in [-0.2, 0) is 6.42 Å². The number of carbonyl (C=O) groups is 1. The summed E-state index contributed by atoms with van der Waals surface area (Å²) in [6.45, 7) is 0. The van der Waals surface area contributed by atoms with Crippen LogP contribution in [0.2, 0.25) is 0 Å². The maximum Gasteiger partial charge on any atom is 0.166 e. The zero-order valence-corrected chi connectivity index (χ0v) is 12.6. The van der Waals surface area contributed by atoms with E-state index in [2.05, 4.69) is 22.0 Å². The molecule has 20 heavy (non-hydrogen) atoms. The van der Waals surface area contributed by atoms with Crippen LogP contribution in [0.15, 0.2) is 53.0 Å². The van der Waals surface area contributed by atoms with Gasteiger partial charge >= 0.3 is 0 Å². The molecule has 1 atom stereocenters. The quantitative estimate of drug-likeness (QED) is 0.779. The molecule has 1 aliphatic rings. The summed E-state index contributed by atoms with van der Waals surface area (Å²) in [5, 5.41) is 0. The van der Waals surface area contributed by atoms with Crippen molar-refractivity contribution in [3.63, 3.8) is 0 Å². The molecule has 0 amide bonds. The summed E-state index contributed by atoms with van der Waals surface area (Å²) in [4.78, 5) is 12.2. The molecule has 0 spiro atoms. The van der Waals surface area contributed by atoms with Gasteiger partial charge in [0.2, 0.25) is 0 Å². The first kappa shape index (κ1) is 13.4. The summed E-state index contributed by atoms with van der Waals surface area (Å²) in [6.07, 6.45) is 2.28. The molecule has 2 aromatic rings. The fourth-order valence-electron chi connectivity index (χ4n) is 2.51. The van der Waals surface area contributed by atoms with Crippen molar-refractivity contribution in [3.05, 3.63) is 64.1 Å². The summed E-state index contributed by atoms with van der Waals surface area (Å²) in [6, 6.07) is 15.4. The van der Waals surface area contributed by atoms with E-state index in [-0.39, 0.29) is 11.9 Å². The first-order valence-corrected chi connectivity index (χ1v) is 7.55. The van der Waals surface area contributed by atoms with Crippen LogP contribution in [0, 0.1) is 0 Å². The van der Waals surface area contributed by atoms with Gasteiger partial charge in [-0.05, 0) is 36.6 Å². The smallest absolute Gasteiger partial charge is 0.166 e. The minimum atomic E-state index is -0.0172. The van der Waals surface area contributed by atoms with E-state index in [0.29, 0.717) is 6.42 Å². The molecule has 102 valence electrons. The first-order chi connectivity index (χ1) is 9.72. The second-order valence-electron chi connectivity index (χ2n) is 5.02. The Morgan fingerprint density at radius 1 is 1.20 bits per heavy atom. The standard InChI is InChI=1S/C17H15BrO2/c18-14-7-9-17-13(10-14)6-8-15(20-17)11-16(19)12-4-2-1-3-5-12/h1-5,7,9-10,15H,6,8,11H2/t15-/m1/s1. The van der Waals surface area contributed by atoms with Gasteiger partial charge < -0.3 is 4.74 Å². The van der Waals surface area contributed by atoms with E-state index in [0.717, 1.165) is 28.6 Å². The number of ether oxygens (including phenoxy) is 1. The average Bonchev–Trinajstić information content (AvgIpc) is 2.48. The van der Waals surface area contributed by atoms with Crippen LogP contribution in [0.5, 0.6) is 5.75 Å². The number of Topliss-reactive ketones (excluding diaryl/α,β-unsaturated/α-hetero) is 1. The van der Waals surface area contributed by atoms with Crippen LogP contribution in [0.3, 0.4) is 0 Å². The third-order valence-electron chi connectivity index (χ3n) is 3.56. The largest absolute Gasteiger partial charge is 0.490 e. The number of ketones is 1. The summed E-state index contributed by atoms with van der Waals surface area (Å²) >= 11 is 3.47. The lowest BCUT2D eigenvalue weighted by atomic mass is 9.97. The van der Waals surface area contributed by atoms with E-state index in [1.54, 1.807) is 0 Å². The normalized spacial score (nSPS) is 17.1. The van der Waals surface area contributed by atoms with E-state index in [1.165, 1.54) is 5.56 Å². The number of rotatable bonds is 3. The monoisotopic (exact) mass is 330 g/mol. The van der Waals surface area contributed by atoms with Crippen LogP contribution >= 0.6 is 15.9 Å². The Balaban J connectivity index is 1.69. The van der Waals surface area contributed by atoms with E-state index >= 15 is 0 Å². The number of halogens is 1. The lowest BCUT2D eigenvalue weighted by Crippen LogP contribution is -2.25. The molecule has 2 aromatic carbocycles. The minimum absolute atomic E-state index is 0.0172. The number of fused-ring (bicyclic) bond motifs is 1. The van der Waals surface area contributed by atoms with Crippen molar-refractivity contribution in [1.82, 2.24) is 0 Å². The van der Waals surface area contributed by atoms with Crippen molar-refractivity contribution in [2.45, 2.75) is 25.4 Å². The zero-order chi connectivity index (χ0) is 13.9. The van der Waals surface area contributed by atoms with Crippen molar-refractivity contribution in [2.24, 2.45) is 0 Å². The molecule has 1 heterocycles. The van der Waals surface area contributed by atoms with Gasteiger partial charge in [0.25, 0.3) is 0 Å². The van der Waals surface area contributed by atoms with Crippen LogP contribution in [0.4, 0.5) is 0 Å². The van der Waals surface area contributed by atoms with Gasteiger partial charge in [-0.3, -0.25) is 4.79 Å². The highest BCUT2D eigenvalue weighted by Gasteiger charge is 2.22. The minimum Gasteiger partial charge on any atom is -0.490 e. The van der Waals surface area contributed by atoms with Crippen LogP contribution in [0.1, 0.15) is 28.8 Å². The molecule has 0 saturated heterocycles. The Hall–Kier alpha value is -1.61. The number of carbonyl (C=O) groups excluding carboxylic acids is 1. The summed E-state index contributed by atoms with van der Waals surface area (Å²) in [5.41, 5.74) is 1.97. The molecule has 0 saturated carbocycles. The molecule has 0 bridgehead atoms. The number of hydrogen-bond donors (Lipinski definition) is 0. The molecule has 0 unspecified atom stereocenters. The van der Waals surface area contributed by atoms with Gasteiger partial charge in [0.15, 0.2) is 5.78 Å². The number of benzene rings is 2. The Bertz CT molecular complexity index is 622. The van der Waals surface area contributed by atoms with Crippen molar-refractivity contribution >= 4 is 21.7 Å². The van der Waals surface area contributed by atoms with Gasteiger partial charge in [-0.15, -0.1) is 0 Å². The molecule has 0 fully saturated rings. The van der Waals surface area contributed by atoms with Crippen molar-refractivity contribution in [1.29, 1.82) is 0 Å². The lowest BCUT2D eigenvalue weighted by Gasteiger charge is -2.25. The van der Waals surface area contributed by atoms with Crippen molar-refractivity contribution in [3.8, 4) is 5.75 Å². The molecule has 2 nitrogen and oxygen atoms in total. The van der Waals surface area contributed by atoms with Crippen LogP contribution in [0.25, 0.3) is 0 Å². The van der Waals surface area contributed by atoms with Gasteiger partial charge in [0.1, 0.15) is 11.9 Å². The van der Waals surface area contributed by atoms with E-state index < -0.39 is 0 Å². The molecule has 0 radical (unpaired) electrons. The third-order valence-corrected chi connectivity index (χ3v) is 4.05. The van der Waals surface area contributed by atoms with E-state index in [1.807, 2.05) is 42.5 Å². The van der Waals surface area contributed by atoms with Gasteiger partial charge in [-0.1, -0.05) is 46.3 Å². The Morgan fingerprint density at radius 3 is 2.80 bits per heavy atom. The van der Waals surface area contributed by atoms with Crippen molar-refractivity contribution < 1.29 is 9.53 Å². The molecular weight excluding hydrogens is 316 g/mol. The highest BCUT2D eigenvalue weighted by Crippen LogP contribution is 2.31. The van der Waals surface area contributed by atoms with Gasteiger partial charge in [0.05, 0.1) is 0 Å². The molecule has 1 aliphatic heterocycles. The van der Waals surface area contributed by atoms with Crippen molar-refractivity contribution in [2.75, 3.05) is 0 Å². The fraction of sp³-hybridized carbons (Fsp3) is 0.235. The Labute approximate surface area is 126 Å². The number of aryl methyl sites for hydroxylation is 1. The van der Waals surface area contributed by atoms with Crippen LogP contribution < -0.4 is 4.74 Å². The molecule has 3 heteroatoms.